The van der Waals surface area contributed by atoms with Crippen molar-refractivity contribution in [2.24, 2.45) is 0 Å². The van der Waals surface area contributed by atoms with Crippen molar-refractivity contribution < 1.29 is 8.98 Å². The Balaban J connectivity index is 1.85. The molecule has 2 aromatic carbocycles. The third-order valence-electron chi connectivity index (χ3n) is 4.21. The van der Waals surface area contributed by atoms with E-state index in [-0.39, 0.29) is 5.63 Å². The standard InChI is InChI=1S/C20H15ClNO2/c1-13-8-19-17(10-18(13)21)16(9-20(23)24-19)12-22-7-6-14-4-2-3-5-15(14)11-22/h2-11H,12H2,1H3/q+1. The lowest BCUT2D eigenvalue weighted by molar-refractivity contribution is -0.686. The summed E-state index contributed by atoms with van der Waals surface area (Å²) < 4.78 is 7.38. The number of aryl methyl sites for hydroxylation is 1. The quantitative estimate of drug-likeness (QED) is 0.405. The third-order valence-corrected chi connectivity index (χ3v) is 4.62. The monoisotopic (exact) mass is 336 g/mol. The van der Waals surface area contributed by atoms with Crippen LogP contribution in [0, 0.1) is 6.92 Å². The molecule has 0 saturated heterocycles. The van der Waals surface area contributed by atoms with E-state index in [1.165, 1.54) is 11.5 Å². The molecule has 0 bridgehead atoms. The first kappa shape index (κ1) is 14.9. The van der Waals surface area contributed by atoms with Crippen LogP contribution in [-0.4, -0.2) is 0 Å². The fraction of sp³-hybridized carbons (Fsp3) is 0.100. The van der Waals surface area contributed by atoms with E-state index in [9.17, 15) is 4.79 Å². The summed E-state index contributed by atoms with van der Waals surface area (Å²) in [7, 11) is 0. The lowest BCUT2D eigenvalue weighted by atomic mass is 10.1. The first-order valence-electron chi connectivity index (χ1n) is 7.71. The summed E-state index contributed by atoms with van der Waals surface area (Å²) in [5.74, 6) is 0. The van der Waals surface area contributed by atoms with Crippen LogP contribution in [0.3, 0.4) is 0 Å². The molecule has 0 aliphatic heterocycles. The maximum Gasteiger partial charge on any atom is 0.336 e. The Labute approximate surface area is 143 Å². The van der Waals surface area contributed by atoms with Gasteiger partial charge in [-0.1, -0.05) is 29.8 Å². The van der Waals surface area contributed by atoms with Crippen molar-refractivity contribution in [2.75, 3.05) is 0 Å². The highest BCUT2D eigenvalue weighted by molar-refractivity contribution is 6.32. The molecular weight excluding hydrogens is 322 g/mol. The molecule has 0 atom stereocenters. The van der Waals surface area contributed by atoms with Crippen molar-refractivity contribution >= 4 is 33.3 Å². The number of halogens is 1. The molecule has 3 nitrogen and oxygen atoms in total. The molecule has 0 saturated carbocycles. The predicted molar refractivity (Wildman–Crippen MR) is 95.5 cm³/mol. The van der Waals surface area contributed by atoms with Crippen LogP contribution in [0.4, 0.5) is 0 Å². The minimum Gasteiger partial charge on any atom is -0.423 e. The zero-order valence-electron chi connectivity index (χ0n) is 13.1. The first-order valence-corrected chi connectivity index (χ1v) is 8.09. The Morgan fingerprint density at radius 2 is 1.88 bits per heavy atom. The molecule has 0 amide bonds. The minimum atomic E-state index is -0.347. The summed E-state index contributed by atoms with van der Waals surface area (Å²) >= 11 is 6.25. The van der Waals surface area contributed by atoms with Gasteiger partial charge in [-0.3, -0.25) is 0 Å². The lowest BCUT2D eigenvalue weighted by Gasteiger charge is -2.06. The second kappa shape index (κ2) is 5.77. The summed E-state index contributed by atoms with van der Waals surface area (Å²) in [6.45, 7) is 2.47. The molecule has 4 aromatic rings. The third kappa shape index (κ3) is 2.68. The Morgan fingerprint density at radius 3 is 2.71 bits per heavy atom. The van der Waals surface area contributed by atoms with Gasteiger partial charge in [0.05, 0.1) is 0 Å². The molecule has 118 valence electrons. The molecule has 0 unspecified atom stereocenters. The van der Waals surface area contributed by atoms with Gasteiger partial charge >= 0.3 is 5.63 Å². The van der Waals surface area contributed by atoms with E-state index >= 15 is 0 Å². The van der Waals surface area contributed by atoms with Gasteiger partial charge in [-0.2, -0.15) is 0 Å². The van der Waals surface area contributed by atoms with E-state index in [1.807, 2.05) is 37.4 Å². The van der Waals surface area contributed by atoms with Crippen LogP contribution in [0.15, 0.2) is 70.1 Å². The molecule has 0 aliphatic carbocycles. The SMILES string of the molecule is Cc1cc2oc(=O)cc(C[n+]3ccc4ccccc4c3)c2cc1Cl. The van der Waals surface area contributed by atoms with E-state index < -0.39 is 0 Å². The van der Waals surface area contributed by atoms with E-state index in [0.29, 0.717) is 17.2 Å². The predicted octanol–water partition coefficient (Wildman–Crippen LogP) is 4.24. The highest BCUT2D eigenvalue weighted by Gasteiger charge is 2.12. The van der Waals surface area contributed by atoms with E-state index in [0.717, 1.165) is 21.9 Å². The van der Waals surface area contributed by atoms with Crippen molar-refractivity contribution in [1.82, 2.24) is 0 Å². The lowest BCUT2D eigenvalue weighted by Crippen LogP contribution is -2.33. The number of benzene rings is 2. The summed E-state index contributed by atoms with van der Waals surface area (Å²) in [4.78, 5) is 11.9. The van der Waals surface area contributed by atoms with Crippen molar-refractivity contribution in [3.8, 4) is 0 Å². The summed E-state index contributed by atoms with van der Waals surface area (Å²) in [5, 5.41) is 3.87. The van der Waals surface area contributed by atoms with Gasteiger partial charge in [0, 0.05) is 33.5 Å². The van der Waals surface area contributed by atoms with Gasteiger partial charge in [0.2, 0.25) is 0 Å². The zero-order valence-corrected chi connectivity index (χ0v) is 13.9. The topological polar surface area (TPSA) is 34.1 Å². The largest absolute Gasteiger partial charge is 0.423 e. The average molecular weight is 337 g/mol. The number of hydrogen-bond donors (Lipinski definition) is 0. The Bertz CT molecular complexity index is 1130. The molecule has 24 heavy (non-hydrogen) atoms. The molecule has 0 radical (unpaired) electrons. The van der Waals surface area contributed by atoms with E-state index in [4.69, 9.17) is 16.0 Å². The van der Waals surface area contributed by atoms with Gasteiger partial charge in [-0.05, 0) is 36.1 Å². The molecule has 0 aliphatic rings. The average Bonchev–Trinajstić information content (AvgIpc) is 2.56. The number of aromatic nitrogens is 1. The van der Waals surface area contributed by atoms with E-state index in [2.05, 4.69) is 29.0 Å². The summed E-state index contributed by atoms with van der Waals surface area (Å²) in [6, 6.07) is 15.5. The van der Waals surface area contributed by atoms with Crippen LogP contribution < -0.4 is 10.2 Å². The number of pyridine rings is 1. The normalized spacial score (nSPS) is 11.2. The molecule has 4 heteroatoms. The van der Waals surface area contributed by atoms with Gasteiger partial charge < -0.3 is 4.42 Å². The van der Waals surface area contributed by atoms with E-state index in [1.54, 1.807) is 0 Å². The van der Waals surface area contributed by atoms with Crippen LogP contribution in [0.2, 0.25) is 5.02 Å². The van der Waals surface area contributed by atoms with Crippen LogP contribution in [0.25, 0.3) is 21.7 Å². The van der Waals surface area contributed by atoms with Gasteiger partial charge in [0.25, 0.3) is 0 Å². The highest BCUT2D eigenvalue weighted by Crippen LogP contribution is 2.25. The Kier molecular flexibility index (Phi) is 3.58. The van der Waals surface area contributed by atoms with Crippen LogP contribution in [0.5, 0.6) is 0 Å². The molecule has 4 rings (SSSR count). The molecule has 0 fully saturated rings. The maximum atomic E-state index is 11.9. The minimum absolute atomic E-state index is 0.347. The number of fused-ring (bicyclic) bond motifs is 2. The zero-order chi connectivity index (χ0) is 16.7. The Hall–Kier alpha value is -2.65. The van der Waals surface area contributed by atoms with Gasteiger partial charge in [-0.15, -0.1) is 0 Å². The fourth-order valence-corrected chi connectivity index (χ4v) is 3.12. The van der Waals surface area contributed by atoms with Crippen molar-refractivity contribution in [1.29, 1.82) is 0 Å². The van der Waals surface area contributed by atoms with Crippen LogP contribution in [0.1, 0.15) is 11.1 Å². The van der Waals surface area contributed by atoms with Gasteiger partial charge in [0.1, 0.15) is 5.58 Å². The maximum absolute atomic E-state index is 11.9. The molecule has 0 N–H and O–H groups in total. The van der Waals surface area contributed by atoms with Crippen LogP contribution >= 0.6 is 11.6 Å². The number of nitrogens with zero attached hydrogens (tertiary/aromatic N) is 1. The second-order valence-electron chi connectivity index (χ2n) is 5.93. The van der Waals surface area contributed by atoms with Gasteiger partial charge in [0.15, 0.2) is 18.9 Å². The number of hydrogen-bond acceptors (Lipinski definition) is 2. The Morgan fingerprint density at radius 1 is 1.08 bits per heavy atom. The summed E-state index contributed by atoms with van der Waals surface area (Å²) in [6.07, 6.45) is 4.09. The van der Waals surface area contributed by atoms with Crippen molar-refractivity contribution in [3.05, 3.63) is 87.5 Å². The molecular formula is C20H15ClNO2+. The molecule has 2 aromatic heterocycles. The molecule has 0 spiro atoms. The first-order chi connectivity index (χ1) is 11.6. The van der Waals surface area contributed by atoms with Crippen molar-refractivity contribution in [2.45, 2.75) is 13.5 Å². The summed E-state index contributed by atoms with van der Waals surface area (Å²) in [5.41, 5.74) is 2.01. The van der Waals surface area contributed by atoms with Crippen LogP contribution in [-0.2, 0) is 6.54 Å². The molecule has 2 heterocycles. The smallest absolute Gasteiger partial charge is 0.336 e. The number of rotatable bonds is 2. The fourth-order valence-electron chi connectivity index (χ4n) is 2.95. The second-order valence-corrected chi connectivity index (χ2v) is 6.34. The van der Waals surface area contributed by atoms with Gasteiger partial charge in [-0.25, -0.2) is 9.36 Å². The highest BCUT2D eigenvalue weighted by atomic mass is 35.5. The van der Waals surface area contributed by atoms with Crippen molar-refractivity contribution in [3.63, 3.8) is 0 Å².